The van der Waals surface area contributed by atoms with Crippen molar-refractivity contribution in [1.29, 1.82) is 0 Å². The van der Waals surface area contributed by atoms with Crippen LogP contribution in [0.5, 0.6) is 0 Å². The Morgan fingerprint density at radius 1 is 0.821 bits per heavy atom. The molecule has 1 fully saturated rings. The average molecular weight is 379 g/mol. The van der Waals surface area contributed by atoms with Gasteiger partial charge in [-0.1, -0.05) is 48.5 Å². The minimum atomic E-state index is -0.153. The zero-order chi connectivity index (χ0) is 20.1. The van der Waals surface area contributed by atoms with Gasteiger partial charge in [-0.3, -0.25) is 19.3 Å². The van der Waals surface area contributed by atoms with E-state index in [1.807, 2.05) is 23.1 Å². The SMILES string of the molecule is CN(C)C(=O)CN1CCN(C(=O)c2ccccc2C(=O)c2ccccc2)CC1. The molecule has 1 aliphatic heterocycles. The van der Waals surface area contributed by atoms with E-state index in [4.69, 9.17) is 0 Å². The van der Waals surface area contributed by atoms with Crippen LogP contribution in [-0.4, -0.2) is 79.1 Å². The van der Waals surface area contributed by atoms with Gasteiger partial charge >= 0.3 is 0 Å². The summed E-state index contributed by atoms with van der Waals surface area (Å²) in [5.74, 6) is -0.239. The van der Waals surface area contributed by atoms with Crippen LogP contribution < -0.4 is 0 Å². The predicted octanol–water partition coefficient (Wildman–Crippen LogP) is 1.76. The summed E-state index contributed by atoms with van der Waals surface area (Å²) >= 11 is 0. The van der Waals surface area contributed by atoms with E-state index in [0.717, 1.165) is 0 Å². The zero-order valence-corrected chi connectivity index (χ0v) is 16.3. The lowest BCUT2D eigenvalue weighted by molar-refractivity contribution is -0.130. The molecule has 0 aliphatic carbocycles. The van der Waals surface area contributed by atoms with Gasteiger partial charge in [0.25, 0.3) is 5.91 Å². The summed E-state index contributed by atoms with van der Waals surface area (Å²) in [5, 5.41) is 0. The zero-order valence-electron chi connectivity index (χ0n) is 16.3. The molecule has 2 aromatic carbocycles. The van der Waals surface area contributed by atoms with E-state index in [2.05, 4.69) is 0 Å². The first-order valence-corrected chi connectivity index (χ1v) is 9.38. The van der Waals surface area contributed by atoms with Crippen LogP contribution in [-0.2, 0) is 4.79 Å². The van der Waals surface area contributed by atoms with Gasteiger partial charge in [-0.2, -0.15) is 0 Å². The number of amides is 2. The molecule has 0 radical (unpaired) electrons. The Bertz CT molecular complexity index is 856. The van der Waals surface area contributed by atoms with Crippen LogP contribution in [0.25, 0.3) is 0 Å². The second-order valence-corrected chi connectivity index (χ2v) is 7.10. The molecule has 0 bridgehead atoms. The molecular formula is C22H25N3O3. The van der Waals surface area contributed by atoms with Gasteiger partial charge in [0.15, 0.2) is 5.78 Å². The second kappa shape index (κ2) is 8.80. The van der Waals surface area contributed by atoms with E-state index in [9.17, 15) is 14.4 Å². The van der Waals surface area contributed by atoms with Crippen molar-refractivity contribution in [3.63, 3.8) is 0 Å². The molecule has 28 heavy (non-hydrogen) atoms. The largest absolute Gasteiger partial charge is 0.348 e. The van der Waals surface area contributed by atoms with E-state index in [-0.39, 0.29) is 17.6 Å². The number of hydrogen-bond acceptors (Lipinski definition) is 4. The molecule has 0 aromatic heterocycles. The highest BCUT2D eigenvalue weighted by Gasteiger charge is 2.26. The van der Waals surface area contributed by atoms with Gasteiger partial charge in [0, 0.05) is 51.4 Å². The third kappa shape index (κ3) is 4.46. The quantitative estimate of drug-likeness (QED) is 0.743. The van der Waals surface area contributed by atoms with Crippen LogP contribution in [0.15, 0.2) is 54.6 Å². The number of hydrogen-bond donors (Lipinski definition) is 0. The van der Waals surface area contributed by atoms with Crippen LogP contribution >= 0.6 is 0 Å². The Hall–Kier alpha value is -2.99. The van der Waals surface area contributed by atoms with Crippen molar-refractivity contribution < 1.29 is 14.4 Å². The monoisotopic (exact) mass is 379 g/mol. The minimum Gasteiger partial charge on any atom is -0.348 e. The van der Waals surface area contributed by atoms with Gasteiger partial charge in [-0.15, -0.1) is 0 Å². The molecule has 0 unspecified atom stereocenters. The molecule has 1 aliphatic rings. The Labute approximate surface area is 165 Å². The van der Waals surface area contributed by atoms with Crippen molar-refractivity contribution >= 4 is 17.6 Å². The van der Waals surface area contributed by atoms with Crippen molar-refractivity contribution in [2.24, 2.45) is 0 Å². The highest BCUT2D eigenvalue weighted by atomic mass is 16.2. The average Bonchev–Trinajstić information content (AvgIpc) is 2.74. The van der Waals surface area contributed by atoms with Crippen LogP contribution in [0.3, 0.4) is 0 Å². The lowest BCUT2D eigenvalue weighted by atomic mass is 9.97. The van der Waals surface area contributed by atoms with Gasteiger partial charge in [0.1, 0.15) is 0 Å². The van der Waals surface area contributed by atoms with E-state index in [0.29, 0.717) is 49.4 Å². The molecule has 1 saturated heterocycles. The smallest absolute Gasteiger partial charge is 0.254 e. The Kier molecular flexibility index (Phi) is 6.21. The number of nitrogens with zero attached hydrogens (tertiary/aromatic N) is 3. The number of carbonyl (C=O) groups excluding carboxylic acids is 3. The standard InChI is InChI=1S/C22H25N3O3/c1-23(2)20(26)16-24-12-14-25(15-13-24)22(28)19-11-7-6-10-18(19)21(27)17-8-4-3-5-9-17/h3-11H,12-16H2,1-2H3. The van der Waals surface area contributed by atoms with E-state index >= 15 is 0 Å². The number of ketones is 1. The summed E-state index contributed by atoms with van der Waals surface area (Å²) in [6.45, 7) is 2.71. The van der Waals surface area contributed by atoms with Crippen LogP contribution in [0.4, 0.5) is 0 Å². The molecule has 2 aromatic rings. The van der Waals surface area contributed by atoms with Gasteiger partial charge in [-0.05, 0) is 6.07 Å². The molecule has 3 rings (SSSR count). The first-order valence-electron chi connectivity index (χ1n) is 9.38. The fraction of sp³-hybridized carbons (Fsp3) is 0.318. The lowest BCUT2D eigenvalue weighted by Crippen LogP contribution is -2.51. The molecule has 0 saturated carbocycles. The highest BCUT2D eigenvalue weighted by molar-refractivity contribution is 6.15. The first-order chi connectivity index (χ1) is 13.5. The summed E-state index contributed by atoms with van der Waals surface area (Å²) < 4.78 is 0. The van der Waals surface area contributed by atoms with Gasteiger partial charge in [-0.25, -0.2) is 0 Å². The van der Waals surface area contributed by atoms with Gasteiger partial charge in [0.2, 0.25) is 5.91 Å². The maximum Gasteiger partial charge on any atom is 0.254 e. The van der Waals surface area contributed by atoms with Crippen LogP contribution in [0, 0.1) is 0 Å². The third-order valence-electron chi connectivity index (χ3n) is 4.96. The Morgan fingerprint density at radius 2 is 1.39 bits per heavy atom. The van der Waals surface area contributed by atoms with Gasteiger partial charge < -0.3 is 9.80 Å². The molecule has 0 N–H and O–H groups in total. The summed E-state index contributed by atoms with van der Waals surface area (Å²) in [6, 6.07) is 16.0. The Balaban J connectivity index is 1.71. The van der Waals surface area contributed by atoms with E-state index < -0.39 is 0 Å². The van der Waals surface area contributed by atoms with Crippen LogP contribution in [0.2, 0.25) is 0 Å². The number of benzene rings is 2. The Morgan fingerprint density at radius 3 is 2.00 bits per heavy atom. The number of rotatable bonds is 5. The molecular weight excluding hydrogens is 354 g/mol. The summed E-state index contributed by atoms with van der Waals surface area (Å²) in [5.41, 5.74) is 1.41. The number of likely N-dealkylation sites (N-methyl/N-ethyl adjacent to an activating group) is 1. The van der Waals surface area contributed by atoms with Crippen molar-refractivity contribution in [1.82, 2.24) is 14.7 Å². The maximum absolute atomic E-state index is 13.1. The summed E-state index contributed by atoms with van der Waals surface area (Å²) in [6.07, 6.45) is 0. The molecule has 1 heterocycles. The van der Waals surface area contributed by atoms with E-state index in [1.165, 1.54) is 0 Å². The van der Waals surface area contributed by atoms with Gasteiger partial charge in [0.05, 0.1) is 12.1 Å². The number of carbonyl (C=O) groups is 3. The highest BCUT2D eigenvalue weighted by Crippen LogP contribution is 2.18. The lowest BCUT2D eigenvalue weighted by Gasteiger charge is -2.35. The summed E-state index contributed by atoms with van der Waals surface area (Å²) in [4.78, 5) is 43.2. The molecule has 146 valence electrons. The van der Waals surface area contributed by atoms with Crippen LogP contribution in [0.1, 0.15) is 26.3 Å². The third-order valence-corrected chi connectivity index (χ3v) is 4.96. The van der Waals surface area contributed by atoms with Crippen molar-refractivity contribution in [2.45, 2.75) is 0 Å². The van der Waals surface area contributed by atoms with Crippen molar-refractivity contribution in [3.8, 4) is 0 Å². The molecule has 2 amide bonds. The first kappa shape index (κ1) is 19.8. The minimum absolute atomic E-state index is 0.0542. The summed E-state index contributed by atoms with van der Waals surface area (Å²) in [7, 11) is 3.48. The fourth-order valence-electron chi connectivity index (χ4n) is 3.22. The molecule has 6 heteroatoms. The molecule has 0 atom stereocenters. The normalized spacial score (nSPS) is 14.6. The maximum atomic E-state index is 13.1. The van der Waals surface area contributed by atoms with E-state index in [1.54, 1.807) is 60.3 Å². The number of piperazine rings is 1. The molecule has 0 spiro atoms. The second-order valence-electron chi connectivity index (χ2n) is 7.10. The van der Waals surface area contributed by atoms with Crippen molar-refractivity contribution in [3.05, 3.63) is 71.3 Å². The molecule has 6 nitrogen and oxygen atoms in total. The topological polar surface area (TPSA) is 60.9 Å². The fourth-order valence-corrected chi connectivity index (χ4v) is 3.22. The van der Waals surface area contributed by atoms with Crippen molar-refractivity contribution in [2.75, 3.05) is 46.8 Å². The predicted molar refractivity (Wildman–Crippen MR) is 107 cm³/mol.